The second kappa shape index (κ2) is 4.65. The van der Waals surface area contributed by atoms with Crippen molar-refractivity contribution in [3.8, 4) is 11.5 Å². The van der Waals surface area contributed by atoms with Crippen LogP contribution in [0.3, 0.4) is 0 Å². The lowest BCUT2D eigenvalue weighted by molar-refractivity contribution is -0.138. The van der Waals surface area contributed by atoms with Gasteiger partial charge in [-0.25, -0.2) is 0 Å². The van der Waals surface area contributed by atoms with Crippen molar-refractivity contribution in [2.24, 2.45) is 5.73 Å². The molecule has 0 unspecified atom stereocenters. The van der Waals surface area contributed by atoms with Gasteiger partial charge in [-0.15, -0.1) is 0 Å². The number of hydrogen-bond donors (Lipinski definition) is 3. The number of methoxy groups -OCH3 is 1. The number of nitrogens with two attached hydrogens (primary N) is 1. The molecular formula is C10H13NO4. The molecule has 0 radical (unpaired) electrons. The highest BCUT2D eigenvalue weighted by Crippen LogP contribution is 2.26. The number of aromatic hydroxyl groups is 1. The highest BCUT2D eigenvalue weighted by molar-refractivity contribution is 5.73. The summed E-state index contributed by atoms with van der Waals surface area (Å²) in [5.41, 5.74) is 5.81. The van der Waals surface area contributed by atoms with E-state index in [-0.39, 0.29) is 17.9 Å². The topological polar surface area (TPSA) is 92.8 Å². The molecule has 0 spiro atoms. The first kappa shape index (κ1) is 7.53. The number of carboxylic acids is 1. The zero-order valence-corrected chi connectivity index (χ0v) is 7.80. The van der Waals surface area contributed by atoms with Crippen molar-refractivity contribution in [1.29, 1.82) is 0 Å². The Hall–Kier alpha value is -1.75. The molecule has 5 heteroatoms. The third-order valence-electron chi connectivity index (χ3n) is 1.91. The van der Waals surface area contributed by atoms with Crippen molar-refractivity contribution in [2.45, 2.75) is 12.5 Å². The van der Waals surface area contributed by atoms with Crippen LogP contribution in [-0.2, 0) is 11.2 Å². The van der Waals surface area contributed by atoms with E-state index < -0.39 is 19.0 Å². The summed E-state index contributed by atoms with van der Waals surface area (Å²) in [6.45, 7) is 0. The summed E-state index contributed by atoms with van der Waals surface area (Å²) in [5.74, 6) is -1.73. The minimum Gasteiger partial charge on any atom is -0.504 e. The van der Waals surface area contributed by atoms with Crippen molar-refractivity contribution in [2.75, 3.05) is 7.04 Å². The zero-order valence-electron chi connectivity index (χ0n) is 10.8. The fraction of sp³-hybridized carbons (Fsp3) is 0.300. The number of ether oxygens (including phenoxy) is 1. The van der Waals surface area contributed by atoms with Crippen molar-refractivity contribution < 1.29 is 23.9 Å². The predicted octanol–water partition coefficient (Wildman–Crippen LogP) is 0.355. The number of hydrogen-bond acceptors (Lipinski definition) is 4. The van der Waals surface area contributed by atoms with E-state index in [1.807, 2.05) is 0 Å². The van der Waals surface area contributed by atoms with Crippen molar-refractivity contribution in [3.63, 3.8) is 0 Å². The third kappa shape index (κ3) is 2.85. The van der Waals surface area contributed by atoms with Crippen LogP contribution in [0.2, 0.25) is 0 Å². The third-order valence-corrected chi connectivity index (χ3v) is 1.91. The largest absolute Gasteiger partial charge is 0.504 e. The van der Waals surface area contributed by atoms with Gasteiger partial charge in [0.15, 0.2) is 11.5 Å². The van der Waals surface area contributed by atoms with Crippen LogP contribution in [0.5, 0.6) is 11.5 Å². The molecule has 0 aromatic heterocycles. The van der Waals surface area contributed by atoms with E-state index in [1.54, 1.807) is 0 Å². The predicted molar refractivity (Wildman–Crippen MR) is 54.0 cm³/mol. The van der Waals surface area contributed by atoms with Crippen LogP contribution in [0.25, 0.3) is 0 Å². The molecule has 0 saturated heterocycles. The van der Waals surface area contributed by atoms with Gasteiger partial charge < -0.3 is 20.7 Å². The number of phenols is 1. The van der Waals surface area contributed by atoms with Crippen LogP contribution in [0.15, 0.2) is 18.2 Å². The summed E-state index contributed by atoms with van der Waals surface area (Å²) in [7, 11) is -2.69. The van der Waals surface area contributed by atoms with Crippen molar-refractivity contribution in [1.82, 2.24) is 0 Å². The highest BCUT2D eigenvalue weighted by Gasteiger charge is 2.13. The quantitative estimate of drug-likeness (QED) is 0.630. The summed E-state index contributed by atoms with van der Waals surface area (Å²) in [6.07, 6.45) is 0.00692. The molecule has 1 atom stereocenters. The van der Waals surface area contributed by atoms with Gasteiger partial charge in [0.1, 0.15) is 6.04 Å². The minimum absolute atomic E-state index is 0.00692. The molecule has 82 valence electrons. The summed E-state index contributed by atoms with van der Waals surface area (Å²) in [6, 6.07) is 2.83. The molecule has 1 aromatic rings. The van der Waals surface area contributed by atoms with E-state index in [1.165, 1.54) is 18.2 Å². The maximum Gasteiger partial charge on any atom is 0.320 e. The standard InChI is InChI=1S/C10H13NO4/c1-15-9-5-6(2-3-8(9)12)4-7(11)10(13)14/h2-3,5,7,12H,4,11H2,1H3,(H,13,14)/t7-/m0/s1/i1+1D3. The molecule has 0 bridgehead atoms. The highest BCUT2D eigenvalue weighted by atomic mass is 16.5. The fourth-order valence-corrected chi connectivity index (χ4v) is 1.11. The van der Waals surface area contributed by atoms with Gasteiger partial charge in [-0.2, -0.15) is 0 Å². The Morgan fingerprint density at radius 1 is 1.73 bits per heavy atom. The van der Waals surface area contributed by atoms with Gasteiger partial charge in [-0.1, -0.05) is 6.07 Å². The van der Waals surface area contributed by atoms with E-state index >= 15 is 0 Å². The van der Waals surface area contributed by atoms with Gasteiger partial charge >= 0.3 is 5.97 Å². The number of carbonyl (C=O) groups is 1. The monoisotopic (exact) mass is 215 g/mol. The lowest BCUT2D eigenvalue weighted by atomic mass is 10.1. The first-order valence-electron chi connectivity index (χ1n) is 5.68. The molecule has 0 saturated carbocycles. The first-order valence-corrected chi connectivity index (χ1v) is 4.18. The van der Waals surface area contributed by atoms with E-state index in [9.17, 15) is 9.90 Å². The van der Waals surface area contributed by atoms with Crippen LogP contribution >= 0.6 is 0 Å². The van der Waals surface area contributed by atoms with Gasteiger partial charge in [-0.05, 0) is 24.1 Å². The van der Waals surface area contributed by atoms with Gasteiger partial charge in [-0.3, -0.25) is 4.79 Å². The van der Waals surface area contributed by atoms with E-state index in [2.05, 4.69) is 4.74 Å². The van der Waals surface area contributed by atoms with Crippen molar-refractivity contribution >= 4 is 5.97 Å². The van der Waals surface area contributed by atoms with Crippen LogP contribution in [-0.4, -0.2) is 29.3 Å². The van der Waals surface area contributed by atoms with Gasteiger partial charge in [0.2, 0.25) is 0 Å². The number of benzene rings is 1. The Morgan fingerprint density at radius 2 is 2.47 bits per heavy atom. The molecule has 15 heavy (non-hydrogen) atoms. The fourth-order valence-electron chi connectivity index (χ4n) is 1.11. The first-order chi connectivity index (χ1) is 8.19. The lowest BCUT2D eigenvalue weighted by Gasteiger charge is -2.08. The van der Waals surface area contributed by atoms with E-state index in [4.69, 9.17) is 15.0 Å². The van der Waals surface area contributed by atoms with Crippen LogP contribution in [0, 0.1) is 0 Å². The molecular weight excluding hydrogens is 199 g/mol. The molecule has 5 nitrogen and oxygen atoms in total. The van der Waals surface area contributed by atoms with E-state index in [0.717, 1.165) is 0 Å². The van der Waals surface area contributed by atoms with E-state index in [0.29, 0.717) is 5.56 Å². The van der Waals surface area contributed by atoms with Crippen LogP contribution < -0.4 is 10.5 Å². The molecule has 1 rings (SSSR count). The Kier molecular flexibility index (Phi) is 2.34. The van der Waals surface area contributed by atoms with Crippen LogP contribution in [0.1, 0.15) is 9.68 Å². The maximum atomic E-state index is 10.6. The number of rotatable bonds is 4. The normalized spacial score (nSPS) is 15.9. The summed E-state index contributed by atoms with van der Waals surface area (Å²) in [4.78, 5) is 10.6. The summed E-state index contributed by atoms with van der Waals surface area (Å²) >= 11 is 0. The molecule has 0 fully saturated rings. The molecule has 0 aliphatic rings. The smallest absolute Gasteiger partial charge is 0.320 e. The minimum atomic E-state index is -2.69. The number of carboxylic acid groups (broad SMARTS) is 1. The Labute approximate surface area is 91.3 Å². The molecule has 1 aromatic carbocycles. The number of phenolic OH excluding ortho intramolecular Hbond substituents is 1. The second-order valence-corrected chi connectivity index (χ2v) is 3.05. The average molecular weight is 215 g/mol. The van der Waals surface area contributed by atoms with Crippen LogP contribution in [0.4, 0.5) is 0 Å². The molecule has 0 aliphatic carbocycles. The van der Waals surface area contributed by atoms with Gasteiger partial charge in [0.05, 0.1) is 11.2 Å². The second-order valence-electron chi connectivity index (χ2n) is 3.05. The molecule has 0 aliphatic heterocycles. The SMILES string of the molecule is [2H][13C]([2H])([2H])Oc1cc(C[C@H](N)C(=O)O)ccc1O. The van der Waals surface area contributed by atoms with Crippen molar-refractivity contribution in [3.05, 3.63) is 23.8 Å². The summed E-state index contributed by atoms with van der Waals surface area (Å²) < 4.78 is 25.4. The molecule has 4 N–H and O–H groups in total. The Morgan fingerprint density at radius 3 is 3.07 bits per heavy atom. The molecule has 0 amide bonds. The Bertz CT molecular complexity index is 447. The Balaban J connectivity index is 2.90. The zero-order chi connectivity index (χ0) is 13.9. The molecule has 0 heterocycles. The maximum absolute atomic E-state index is 10.6. The van der Waals surface area contributed by atoms with Gasteiger partial charge in [0, 0.05) is 0 Å². The lowest BCUT2D eigenvalue weighted by Crippen LogP contribution is -2.32. The average Bonchev–Trinajstić information content (AvgIpc) is 2.20. The number of aliphatic carboxylic acids is 1. The van der Waals surface area contributed by atoms with Gasteiger partial charge in [0.25, 0.3) is 0 Å². The summed E-state index contributed by atoms with van der Waals surface area (Å²) in [5, 5.41) is 18.1.